The van der Waals surface area contributed by atoms with Crippen molar-refractivity contribution in [2.45, 2.75) is 4.90 Å². The number of thioether (sulfide) groups is 1. The van der Waals surface area contributed by atoms with Crippen molar-refractivity contribution in [2.75, 3.05) is 12.9 Å². The van der Waals surface area contributed by atoms with Crippen molar-refractivity contribution in [3.63, 3.8) is 0 Å². The van der Waals surface area contributed by atoms with E-state index in [0.717, 1.165) is 16.2 Å². The molecule has 1 N–H and O–H groups in total. The summed E-state index contributed by atoms with van der Waals surface area (Å²) in [5.41, 5.74) is 1.60. The van der Waals surface area contributed by atoms with Crippen molar-refractivity contribution in [1.29, 1.82) is 0 Å². The number of hydrogen-bond donors (Lipinski definition) is 1. The highest BCUT2D eigenvalue weighted by Gasteiger charge is 2.05. The lowest BCUT2D eigenvalue weighted by atomic mass is 10.1. The molecule has 4 heteroatoms. The lowest BCUT2D eigenvalue weighted by Gasteiger charge is -2.05. The first-order valence-electron chi connectivity index (χ1n) is 5.86. The van der Waals surface area contributed by atoms with Gasteiger partial charge in [0.25, 0.3) is 0 Å². The van der Waals surface area contributed by atoms with Gasteiger partial charge in [0.15, 0.2) is 0 Å². The highest BCUT2D eigenvalue weighted by Crippen LogP contribution is 2.22. The summed E-state index contributed by atoms with van der Waals surface area (Å²) < 4.78 is 5.11. The van der Waals surface area contributed by atoms with Crippen LogP contribution in [0.25, 0.3) is 0 Å². The number of rotatable bonds is 5. The summed E-state index contributed by atoms with van der Waals surface area (Å²) in [6, 6.07) is 17.5. The van der Waals surface area contributed by atoms with Crippen molar-refractivity contribution in [2.24, 2.45) is 5.16 Å². The molecule has 3 nitrogen and oxygen atoms in total. The number of ether oxygens (including phenoxy) is 1. The normalized spacial score (nSPS) is 11.3. The third kappa shape index (κ3) is 3.76. The van der Waals surface area contributed by atoms with Crippen LogP contribution >= 0.6 is 11.8 Å². The minimum Gasteiger partial charge on any atom is -0.497 e. The lowest BCUT2D eigenvalue weighted by Crippen LogP contribution is -2.04. The van der Waals surface area contributed by atoms with Crippen molar-refractivity contribution >= 4 is 17.5 Å². The van der Waals surface area contributed by atoms with Crippen LogP contribution in [0.4, 0.5) is 0 Å². The van der Waals surface area contributed by atoms with Crippen LogP contribution in [0, 0.1) is 0 Å². The van der Waals surface area contributed by atoms with Crippen LogP contribution in [0.15, 0.2) is 64.6 Å². The predicted molar refractivity (Wildman–Crippen MR) is 78.5 cm³/mol. The summed E-state index contributed by atoms with van der Waals surface area (Å²) >= 11 is 1.62. The molecule has 0 aliphatic rings. The first kappa shape index (κ1) is 13.5. The molecule has 2 rings (SSSR count). The summed E-state index contributed by atoms with van der Waals surface area (Å²) in [5.74, 6) is 1.45. The summed E-state index contributed by atoms with van der Waals surface area (Å²) in [7, 11) is 1.65. The zero-order chi connectivity index (χ0) is 13.5. The van der Waals surface area contributed by atoms with E-state index in [4.69, 9.17) is 9.94 Å². The van der Waals surface area contributed by atoms with Gasteiger partial charge in [-0.3, -0.25) is 0 Å². The van der Waals surface area contributed by atoms with E-state index in [-0.39, 0.29) is 0 Å². The van der Waals surface area contributed by atoms with Crippen molar-refractivity contribution in [1.82, 2.24) is 0 Å². The molecular formula is C15H15NO2S. The molecule has 0 unspecified atom stereocenters. The second kappa shape index (κ2) is 6.85. The van der Waals surface area contributed by atoms with Gasteiger partial charge in [0, 0.05) is 16.2 Å². The van der Waals surface area contributed by atoms with Crippen LogP contribution in [0.3, 0.4) is 0 Å². The van der Waals surface area contributed by atoms with E-state index < -0.39 is 0 Å². The molecule has 0 bridgehead atoms. The van der Waals surface area contributed by atoms with Gasteiger partial charge in [0.05, 0.1) is 12.8 Å². The summed E-state index contributed by atoms with van der Waals surface area (Å²) in [6.07, 6.45) is 0. The molecule has 0 amide bonds. The zero-order valence-electron chi connectivity index (χ0n) is 10.6. The van der Waals surface area contributed by atoms with E-state index >= 15 is 0 Å². The maximum atomic E-state index is 9.09. The molecule has 98 valence electrons. The Kier molecular flexibility index (Phi) is 4.86. The van der Waals surface area contributed by atoms with Gasteiger partial charge in [-0.2, -0.15) is 0 Å². The number of oxime groups is 1. The fourth-order valence-electron chi connectivity index (χ4n) is 1.62. The largest absolute Gasteiger partial charge is 0.497 e. The molecule has 0 fully saturated rings. The molecule has 0 atom stereocenters. The summed E-state index contributed by atoms with van der Waals surface area (Å²) in [5, 5.41) is 12.5. The number of nitrogens with zero attached hydrogens (tertiary/aromatic N) is 1. The van der Waals surface area contributed by atoms with E-state index in [1.54, 1.807) is 18.9 Å². The molecule has 19 heavy (non-hydrogen) atoms. The average Bonchev–Trinajstić information content (AvgIpc) is 2.49. The first-order chi connectivity index (χ1) is 9.33. The topological polar surface area (TPSA) is 41.8 Å². The molecule has 2 aromatic carbocycles. The van der Waals surface area contributed by atoms with Gasteiger partial charge in [-0.1, -0.05) is 35.5 Å². The number of methoxy groups -OCH3 is 1. The van der Waals surface area contributed by atoms with Crippen molar-refractivity contribution < 1.29 is 9.94 Å². The Bertz CT molecular complexity index is 538. The van der Waals surface area contributed by atoms with Crippen LogP contribution in [-0.2, 0) is 0 Å². The minimum atomic E-state index is 0.618. The Morgan fingerprint density at radius 1 is 1.11 bits per heavy atom. The second-order valence-corrected chi connectivity index (χ2v) is 4.93. The monoisotopic (exact) mass is 273 g/mol. The minimum absolute atomic E-state index is 0.618. The standard InChI is InChI=1S/C15H15NO2S/c1-18-13-7-9-14(10-8-13)19-11-15(16-17)12-5-3-2-4-6-12/h2-10,17H,11H2,1H3. The zero-order valence-corrected chi connectivity index (χ0v) is 11.4. The Balaban J connectivity index is 2.00. The molecule has 0 aliphatic heterocycles. The highest BCUT2D eigenvalue weighted by atomic mass is 32.2. The van der Waals surface area contributed by atoms with Gasteiger partial charge in [-0.25, -0.2) is 0 Å². The Morgan fingerprint density at radius 2 is 1.79 bits per heavy atom. The van der Waals surface area contributed by atoms with Crippen LogP contribution in [0.2, 0.25) is 0 Å². The van der Waals surface area contributed by atoms with E-state index in [1.165, 1.54) is 0 Å². The molecular weight excluding hydrogens is 258 g/mol. The number of hydrogen-bond acceptors (Lipinski definition) is 4. The predicted octanol–water partition coefficient (Wildman–Crippen LogP) is 3.67. The van der Waals surface area contributed by atoms with E-state index in [2.05, 4.69) is 5.16 Å². The quantitative estimate of drug-likeness (QED) is 0.391. The van der Waals surface area contributed by atoms with Gasteiger partial charge in [0.2, 0.25) is 0 Å². The second-order valence-electron chi connectivity index (χ2n) is 3.88. The van der Waals surface area contributed by atoms with Gasteiger partial charge in [0.1, 0.15) is 5.75 Å². The van der Waals surface area contributed by atoms with E-state index in [9.17, 15) is 0 Å². The van der Waals surface area contributed by atoms with Crippen LogP contribution in [0.1, 0.15) is 5.56 Å². The molecule has 0 spiro atoms. The highest BCUT2D eigenvalue weighted by molar-refractivity contribution is 8.00. The Hall–Kier alpha value is -1.94. The summed E-state index contributed by atoms with van der Waals surface area (Å²) in [4.78, 5) is 1.11. The molecule has 0 radical (unpaired) electrons. The molecule has 0 saturated heterocycles. The molecule has 0 saturated carbocycles. The van der Waals surface area contributed by atoms with Crippen molar-refractivity contribution in [3.05, 3.63) is 60.2 Å². The Morgan fingerprint density at radius 3 is 2.37 bits per heavy atom. The van der Waals surface area contributed by atoms with Crippen LogP contribution < -0.4 is 4.74 Å². The maximum absolute atomic E-state index is 9.09. The fourth-order valence-corrected chi connectivity index (χ4v) is 2.48. The van der Waals surface area contributed by atoms with Crippen LogP contribution in [-0.4, -0.2) is 23.8 Å². The Labute approximate surface area is 116 Å². The third-order valence-electron chi connectivity index (χ3n) is 2.66. The van der Waals surface area contributed by atoms with Crippen molar-refractivity contribution in [3.8, 4) is 5.75 Å². The molecule has 2 aromatic rings. The molecule has 0 aromatic heterocycles. The van der Waals surface area contributed by atoms with E-state index in [1.807, 2.05) is 54.6 Å². The van der Waals surface area contributed by atoms with Gasteiger partial charge >= 0.3 is 0 Å². The number of benzene rings is 2. The molecule has 0 heterocycles. The van der Waals surface area contributed by atoms with Crippen LogP contribution in [0.5, 0.6) is 5.75 Å². The summed E-state index contributed by atoms with van der Waals surface area (Å²) in [6.45, 7) is 0. The van der Waals surface area contributed by atoms with Gasteiger partial charge in [-0.05, 0) is 24.3 Å². The van der Waals surface area contributed by atoms with Gasteiger partial charge in [-0.15, -0.1) is 11.8 Å². The maximum Gasteiger partial charge on any atom is 0.118 e. The van der Waals surface area contributed by atoms with Gasteiger partial charge < -0.3 is 9.94 Å². The SMILES string of the molecule is COc1ccc(SCC(=NO)c2ccccc2)cc1. The molecule has 0 aliphatic carbocycles. The van der Waals surface area contributed by atoms with E-state index in [0.29, 0.717) is 11.5 Å². The average molecular weight is 273 g/mol. The smallest absolute Gasteiger partial charge is 0.118 e. The third-order valence-corrected chi connectivity index (χ3v) is 3.69. The lowest BCUT2D eigenvalue weighted by molar-refractivity contribution is 0.319. The first-order valence-corrected chi connectivity index (χ1v) is 6.85. The fraction of sp³-hybridized carbons (Fsp3) is 0.133.